The van der Waals surface area contributed by atoms with Crippen molar-refractivity contribution in [1.29, 1.82) is 0 Å². The number of hydrogen-bond donors (Lipinski definition) is 1. The molecule has 0 aliphatic rings. The van der Waals surface area contributed by atoms with Crippen LogP contribution >= 0.6 is 11.8 Å². The Morgan fingerprint density at radius 1 is 1.27 bits per heavy atom. The quantitative estimate of drug-likeness (QED) is 0.480. The zero-order chi connectivity index (χ0) is 19.8. The zero-order valence-electron chi connectivity index (χ0n) is 14.7. The Morgan fingerprint density at radius 2 is 1.88 bits per heavy atom. The molecule has 0 aliphatic carbocycles. The molecule has 2 heterocycles. The maximum absolute atomic E-state index is 12.8. The fraction of sp³-hybridized carbons (Fsp3) is 0.467. The van der Waals surface area contributed by atoms with Crippen LogP contribution in [0.15, 0.2) is 5.16 Å². The number of hydrogen-bond acceptors (Lipinski definition) is 6. The number of H-pyrrole nitrogens is 1. The highest BCUT2D eigenvalue weighted by atomic mass is 32.2. The van der Waals surface area contributed by atoms with Crippen LogP contribution in [-0.2, 0) is 18.0 Å². The van der Waals surface area contributed by atoms with E-state index >= 15 is 0 Å². The van der Waals surface area contributed by atoms with Crippen molar-refractivity contribution in [3.05, 3.63) is 28.3 Å². The number of aryl methyl sites for hydroxylation is 1. The molecule has 1 N–H and O–H groups in total. The van der Waals surface area contributed by atoms with Gasteiger partial charge in [-0.2, -0.15) is 13.2 Å². The van der Waals surface area contributed by atoms with Crippen LogP contribution in [0, 0.1) is 13.8 Å². The van der Waals surface area contributed by atoms with Crippen LogP contribution in [0.3, 0.4) is 0 Å². The molecule has 1 unspecified atom stereocenters. The topological polar surface area (TPSA) is 89.9 Å². The monoisotopic (exact) mass is 390 g/mol. The third-order valence-electron chi connectivity index (χ3n) is 3.81. The zero-order valence-corrected chi connectivity index (χ0v) is 15.5. The molecule has 2 aromatic rings. The van der Waals surface area contributed by atoms with Gasteiger partial charge in [0.05, 0.1) is 23.6 Å². The standard InChI is InChI=1S/C15H17F3N4O3S/c1-6-9(12(24)25-5)7(2)19-10(6)11(23)8(3)26-14-21-20-13(22(14)4)15(16,17)18/h8,19H,1-5H3. The van der Waals surface area contributed by atoms with Crippen molar-refractivity contribution in [3.63, 3.8) is 0 Å². The van der Waals surface area contributed by atoms with Gasteiger partial charge < -0.3 is 14.3 Å². The van der Waals surface area contributed by atoms with Gasteiger partial charge in [0.15, 0.2) is 10.9 Å². The number of nitrogens with one attached hydrogen (secondary N) is 1. The van der Waals surface area contributed by atoms with Crippen molar-refractivity contribution in [2.24, 2.45) is 7.05 Å². The molecule has 2 aromatic heterocycles. The third-order valence-corrected chi connectivity index (χ3v) is 4.95. The molecule has 0 bridgehead atoms. The Bertz CT molecular complexity index is 857. The molecule has 1 atom stereocenters. The average molecular weight is 390 g/mol. The smallest absolute Gasteiger partial charge is 0.451 e. The second kappa shape index (κ2) is 7.14. The van der Waals surface area contributed by atoms with E-state index in [1.54, 1.807) is 20.8 Å². The maximum atomic E-state index is 12.8. The van der Waals surface area contributed by atoms with Crippen LogP contribution in [0.25, 0.3) is 0 Å². The molecule has 0 radical (unpaired) electrons. The Kier molecular flexibility index (Phi) is 5.49. The number of ketones is 1. The lowest BCUT2D eigenvalue weighted by Gasteiger charge is -2.10. The van der Waals surface area contributed by atoms with Crippen LogP contribution in [0.4, 0.5) is 13.2 Å². The van der Waals surface area contributed by atoms with Gasteiger partial charge in [-0.3, -0.25) is 4.79 Å². The van der Waals surface area contributed by atoms with E-state index < -0.39 is 23.2 Å². The summed E-state index contributed by atoms with van der Waals surface area (Å²) in [4.78, 5) is 27.3. The van der Waals surface area contributed by atoms with E-state index in [0.29, 0.717) is 11.3 Å². The minimum Gasteiger partial charge on any atom is -0.465 e. The predicted octanol–water partition coefficient (Wildman–Crippen LogP) is 2.93. The van der Waals surface area contributed by atoms with Crippen molar-refractivity contribution >= 4 is 23.5 Å². The second-order valence-electron chi connectivity index (χ2n) is 5.60. The first-order valence-corrected chi connectivity index (χ1v) is 8.31. The number of nitrogens with zero attached hydrogens (tertiary/aromatic N) is 3. The maximum Gasteiger partial charge on any atom is 0.451 e. The number of ether oxygens (including phenoxy) is 1. The lowest BCUT2D eigenvalue weighted by Crippen LogP contribution is -2.17. The van der Waals surface area contributed by atoms with Crippen LogP contribution in [0.5, 0.6) is 0 Å². The number of rotatable bonds is 5. The molecular formula is C15H17F3N4O3S. The first-order valence-electron chi connectivity index (χ1n) is 7.44. The molecule has 0 fully saturated rings. The number of methoxy groups -OCH3 is 1. The SMILES string of the molecule is COC(=O)c1c(C)[nH]c(C(=O)C(C)Sc2nnc(C(F)(F)F)n2C)c1C. The van der Waals surface area contributed by atoms with Crippen LogP contribution in [0.1, 0.15) is 44.9 Å². The molecule has 2 rings (SSSR count). The number of aromatic nitrogens is 4. The summed E-state index contributed by atoms with van der Waals surface area (Å²) in [5, 5.41) is 5.85. The molecule has 0 aliphatic heterocycles. The molecule has 0 saturated carbocycles. The summed E-state index contributed by atoms with van der Waals surface area (Å²) >= 11 is 0.852. The summed E-state index contributed by atoms with van der Waals surface area (Å²) in [7, 11) is 2.42. The van der Waals surface area contributed by atoms with Gasteiger partial charge in [-0.05, 0) is 26.3 Å². The van der Waals surface area contributed by atoms with Crippen LogP contribution in [0.2, 0.25) is 0 Å². The summed E-state index contributed by atoms with van der Waals surface area (Å²) < 4.78 is 43.8. The van der Waals surface area contributed by atoms with Crippen molar-refractivity contribution in [2.45, 2.75) is 37.4 Å². The first-order chi connectivity index (χ1) is 12.0. The Hall–Kier alpha value is -2.30. The average Bonchev–Trinajstić information content (AvgIpc) is 3.06. The van der Waals surface area contributed by atoms with Gasteiger partial charge >= 0.3 is 12.1 Å². The molecule has 0 saturated heterocycles. The number of esters is 1. The van der Waals surface area contributed by atoms with E-state index in [-0.39, 0.29) is 22.2 Å². The molecular weight excluding hydrogens is 373 g/mol. The largest absolute Gasteiger partial charge is 0.465 e. The van der Waals surface area contributed by atoms with E-state index in [2.05, 4.69) is 15.2 Å². The minimum atomic E-state index is -4.63. The van der Waals surface area contributed by atoms with Gasteiger partial charge in [0.2, 0.25) is 5.82 Å². The number of carbonyl (C=O) groups is 2. The van der Waals surface area contributed by atoms with E-state index in [1.807, 2.05) is 0 Å². The number of aromatic amines is 1. The number of Topliss-reactive ketones (excluding diaryl/α,β-unsaturated/α-hetero) is 1. The highest BCUT2D eigenvalue weighted by Crippen LogP contribution is 2.32. The summed E-state index contributed by atoms with van der Waals surface area (Å²) in [6.07, 6.45) is -4.63. The van der Waals surface area contributed by atoms with Gasteiger partial charge in [-0.1, -0.05) is 11.8 Å². The Labute approximate surface area is 151 Å². The number of halogens is 3. The van der Waals surface area contributed by atoms with Crippen LogP contribution < -0.4 is 0 Å². The van der Waals surface area contributed by atoms with E-state index in [1.165, 1.54) is 14.2 Å². The first kappa shape index (κ1) is 20.0. The molecule has 11 heteroatoms. The summed E-state index contributed by atoms with van der Waals surface area (Å²) in [6.45, 7) is 4.78. The molecule has 0 amide bonds. The normalized spacial score (nSPS) is 12.9. The lowest BCUT2D eigenvalue weighted by atomic mass is 10.1. The highest BCUT2D eigenvalue weighted by Gasteiger charge is 2.38. The molecule has 26 heavy (non-hydrogen) atoms. The summed E-state index contributed by atoms with van der Waals surface area (Å²) in [6, 6.07) is 0. The number of thioether (sulfide) groups is 1. The van der Waals surface area contributed by atoms with Crippen molar-refractivity contribution in [2.75, 3.05) is 7.11 Å². The fourth-order valence-electron chi connectivity index (χ4n) is 2.48. The molecule has 0 spiro atoms. The molecule has 142 valence electrons. The van der Waals surface area contributed by atoms with Crippen LogP contribution in [-0.4, -0.2) is 43.9 Å². The van der Waals surface area contributed by atoms with E-state index in [0.717, 1.165) is 16.3 Å². The predicted molar refractivity (Wildman–Crippen MR) is 87.3 cm³/mol. The Balaban J connectivity index is 2.27. The van der Waals surface area contributed by atoms with E-state index in [4.69, 9.17) is 4.74 Å². The fourth-order valence-corrected chi connectivity index (χ4v) is 3.36. The van der Waals surface area contributed by atoms with Gasteiger partial charge in [0, 0.05) is 12.7 Å². The lowest BCUT2D eigenvalue weighted by molar-refractivity contribution is -0.147. The third kappa shape index (κ3) is 3.62. The molecule has 7 nitrogen and oxygen atoms in total. The Morgan fingerprint density at radius 3 is 2.38 bits per heavy atom. The number of alkyl halides is 3. The van der Waals surface area contributed by atoms with Gasteiger partial charge in [-0.25, -0.2) is 4.79 Å². The summed E-state index contributed by atoms with van der Waals surface area (Å²) in [5.74, 6) is -2.08. The van der Waals surface area contributed by atoms with E-state index in [9.17, 15) is 22.8 Å². The van der Waals surface area contributed by atoms with Crippen molar-refractivity contribution in [1.82, 2.24) is 19.7 Å². The summed E-state index contributed by atoms with van der Waals surface area (Å²) in [5.41, 5.74) is 1.39. The minimum absolute atomic E-state index is 0.0349. The number of carbonyl (C=O) groups excluding carboxylic acids is 2. The van der Waals surface area contributed by atoms with Crippen molar-refractivity contribution < 1.29 is 27.5 Å². The van der Waals surface area contributed by atoms with Gasteiger partial charge in [0.1, 0.15) is 0 Å². The molecule has 0 aromatic carbocycles. The van der Waals surface area contributed by atoms with Gasteiger partial charge in [0.25, 0.3) is 0 Å². The van der Waals surface area contributed by atoms with Crippen molar-refractivity contribution in [3.8, 4) is 0 Å². The van der Waals surface area contributed by atoms with Gasteiger partial charge in [-0.15, -0.1) is 10.2 Å². The highest BCUT2D eigenvalue weighted by molar-refractivity contribution is 8.00. The second-order valence-corrected chi connectivity index (χ2v) is 6.91.